The molecule has 0 fully saturated rings. The first kappa shape index (κ1) is 16.1. The van der Waals surface area contributed by atoms with E-state index in [-0.39, 0.29) is 11.3 Å². The summed E-state index contributed by atoms with van der Waals surface area (Å²) in [6.07, 6.45) is 1.62. The third-order valence-electron chi connectivity index (χ3n) is 3.04. The highest BCUT2D eigenvalue weighted by Crippen LogP contribution is 2.23. The molecule has 0 N–H and O–H groups in total. The molecular weight excluding hydrogens is 377 g/mol. The van der Waals surface area contributed by atoms with Gasteiger partial charge in [0.05, 0.1) is 5.56 Å². The van der Waals surface area contributed by atoms with Crippen molar-refractivity contribution in [1.29, 1.82) is 0 Å². The number of halogens is 2. The third kappa shape index (κ3) is 3.97. The number of rotatable bonds is 4. The SMILES string of the molecule is O=C(Oc1ccc(Oc2ccccn2)cc1)c1cc(Br)ccc1F. The molecule has 0 aliphatic rings. The van der Waals surface area contributed by atoms with Crippen LogP contribution in [0.4, 0.5) is 4.39 Å². The lowest BCUT2D eigenvalue weighted by atomic mass is 10.2. The zero-order valence-electron chi connectivity index (χ0n) is 12.3. The molecule has 1 heterocycles. The molecule has 2 aromatic carbocycles. The molecule has 0 aliphatic heterocycles. The maximum absolute atomic E-state index is 13.7. The summed E-state index contributed by atoms with van der Waals surface area (Å²) in [6, 6.07) is 15.8. The molecule has 0 saturated carbocycles. The molecule has 0 atom stereocenters. The van der Waals surface area contributed by atoms with Gasteiger partial charge in [-0.05, 0) is 48.5 Å². The van der Waals surface area contributed by atoms with Gasteiger partial charge >= 0.3 is 5.97 Å². The number of benzene rings is 2. The predicted molar refractivity (Wildman–Crippen MR) is 89.8 cm³/mol. The maximum Gasteiger partial charge on any atom is 0.346 e. The van der Waals surface area contributed by atoms with E-state index in [0.29, 0.717) is 16.1 Å². The number of pyridine rings is 1. The van der Waals surface area contributed by atoms with Crippen LogP contribution in [-0.4, -0.2) is 11.0 Å². The highest BCUT2D eigenvalue weighted by molar-refractivity contribution is 9.10. The van der Waals surface area contributed by atoms with E-state index in [1.165, 1.54) is 18.2 Å². The Morgan fingerprint density at radius 2 is 1.75 bits per heavy atom. The fourth-order valence-electron chi connectivity index (χ4n) is 1.92. The molecule has 24 heavy (non-hydrogen) atoms. The van der Waals surface area contributed by atoms with Crippen LogP contribution in [-0.2, 0) is 0 Å². The van der Waals surface area contributed by atoms with E-state index in [2.05, 4.69) is 20.9 Å². The molecule has 3 rings (SSSR count). The van der Waals surface area contributed by atoms with Gasteiger partial charge in [0.2, 0.25) is 5.88 Å². The van der Waals surface area contributed by atoms with Crippen molar-refractivity contribution in [3.05, 3.63) is 82.7 Å². The van der Waals surface area contributed by atoms with Crippen LogP contribution >= 0.6 is 15.9 Å². The van der Waals surface area contributed by atoms with Crippen LogP contribution in [0.25, 0.3) is 0 Å². The molecule has 0 unspecified atom stereocenters. The minimum Gasteiger partial charge on any atom is -0.439 e. The fourth-order valence-corrected chi connectivity index (χ4v) is 2.28. The fraction of sp³-hybridized carbons (Fsp3) is 0. The summed E-state index contributed by atoms with van der Waals surface area (Å²) < 4.78 is 25.0. The quantitative estimate of drug-likeness (QED) is 0.467. The Hall–Kier alpha value is -2.73. The topological polar surface area (TPSA) is 48.4 Å². The highest BCUT2D eigenvalue weighted by atomic mass is 79.9. The van der Waals surface area contributed by atoms with Gasteiger partial charge in [0, 0.05) is 16.7 Å². The molecule has 1 aromatic heterocycles. The molecule has 0 spiro atoms. The smallest absolute Gasteiger partial charge is 0.346 e. The lowest BCUT2D eigenvalue weighted by Crippen LogP contribution is -2.10. The molecule has 120 valence electrons. The molecule has 0 bridgehead atoms. The lowest BCUT2D eigenvalue weighted by Gasteiger charge is -2.07. The van der Waals surface area contributed by atoms with Crippen LogP contribution in [0, 0.1) is 5.82 Å². The molecule has 0 saturated heterocycles. The van der Waals surface area contributed by atoms with Crippen molar-refractivity contribution in [3.8, 4) is 17.4 Å². The number of nitrogens with zero attached hydrogens (tertiary/aromatic N) is 1. The molecule has 6 heteroatoms. The van der Waals surface area contributed by atoms with Crippen LogP contribution in [0.3, 0.4) is 0 Å². The predicted octanol–water partition coefficient (Wildman–Crippen LogP) is 4.99. The minimum atomic E-state index is -0.771. The Bertz CT molecular complexity index is 854. The Morgan fingerprint density at radius 1 is 1.00 bits per heavy atom. The maximum atomic E-state index is 13.7. The number of carbonyl (C=O) groups is 1. The van der Waals surface area contributed by atoms with E-state index >= 15 is 0 Å². The molecule has 3 aromatic rings. The minimum absolute atomic E-state index is 0.141. The number of aromatic nitrogens is 1. The molecule has 4 nitrogen and oxygen atoms in total. The van der Waals surface area contributed by atoms with Gasteiger partial charge in [-0.3, -0.25) is 0 Å². The molecule has 0 amide bonds. The molecular formula is C18H11BrFNO3. The van der Waals surface area contributed by atoms with Crippen molar-refractivity contribution < 1.29 is 18.7 Å². The number of ether oxygens (including phenoxy) is 2. The first-order valence-electron chi connectivity index (χ1n) is 6.98. The van der Waals surface area contributed by atoms with E-state index < -0.39 is 11.8 Å². The van der Waals surface area contributed by atoms with Crippen molar-refractivity contribution >= 4 is 21.9 Å². The summed E-state index contributed by atoms with van der Waals surface area (Å²) in [5.41, 5.74) is -0.141. The average molecular weight is 388 g/mol. The van der Waals surface area contributed by atoms with E-state index in [1.54, 1.807) is 42.6 Å². The third-order valence-corrected chi connectivity index (χ3v) is 3.54. The van der Waals surface area contributed by atoms with Gasteiger partial charge in [0.25, 0.3) is 0 Å². The zero-order valence-corrected chi connectivity index (χ0v) is 13.9. The Balaban J connectivity index is 1.70. The highest BCUT2D eigenvalue weighted by Gasteiger charge is 2.14. The van der Waals surface area contributed by atoms with Gasteiger partial charge in [-0.25, -0.2) is 14.2 Å². The van der Waals surface area contributed by atoms with Gasteiger partial charge in [-0.2, -0.15) is 0 Å². The second-order valence-electron chi connectivity index (χ2n) is 4.76. The van der Waals surface area contributed by atoms with E-state index in [1.807, 2.05) is 6.07 Å². The van der Waals surface area contributed by atoms with Crippen LogP contribution in [0.1, 0.15) is 10.4 Å². The van der Waals surface area contributed by atoms with Gasteiger partial charge in [-0.1, -0.05) is 22.0 Å². The zero-order chi connectivity index (χ0) is 16.9. The standard InChI is InChI=1S/C18H11BrFNO3/c19-12-4-9-16(20)15(11-12)18(22)24-14-7-5-13(6-8-14)23-17-3-1-2-10-21-17/h1-11H. The summed E-state index contributed by atoms with van der Waals surface area (Å²) in [5.74, 6) is -0.126. The lowest BCUT2D eigenvalue weighted by molar-refractivity contribution is 0.0729. The summed E-state index contributed by atoms with van der Waals surface area (Å²) in [7, 11) is 0. The van der Waals surface area contributed by atoms with Crippen molar-refractivity contribution in [2.24, 2.45) is 0 Å². The summed E-state index contributed by atoms with van der Waals surface area (Å²) in [4.78, 5) is 16.1. The monoisotopic (exact) mass is 387 g/mol. The van der Waals surface area contributed by atoms with Crippen LogP contribution in [0.15, 0.2) is 71.3 Å². The number of hydrogen-bond acceptors (Lipinski definition) is 4. The number of carbonyl (C=O) groups excluding carboxylic acids is 1. The second kappa shape index (κ2) is 7.23. The number of hydrogen-bond donors (Lipinski definition) is 0. The van der Waals surface area contributed by atoms with Crippen molar-refractivity contribution in [2.45, 2.75) is 0 Å². The Labute approximate surface area is 146 Å². The summed E-state index contributed by atoms with van der Waals surface area (Å²) in [6.45, 7) is 0. The summed E-state index contributed by atoms with van der Waals surface area (Å²) in [5, 5.41) is 0. The van der Waals surface area contributed by atoms with Crippen molar-refractivity contribution in [1.82, 2.24) is 4.98 Å². The Morgan fingerprint density at radius 3 is 2.46 bits per heavy atom. The normalized spacial score (nSPS) is 10.2. The Kier molecular flexibility index (Phi) is 4.86. The number of esters is 1. The van der Waals surface area contributed by atoms with Crippen molar-refractivity contribution in [2.75, 3.05) is 0 Å². The van der Waals surface area contributed by atoms with Gasteiger partial charge < -0.3 is 9.47 Å². The van der Waals surface area contributed by atoms with Crippen LogP contribution in [0.5, 0.6) is 17.4 Å². The second-order valence-corrected chi connectivity index (χ2v) is 5.67. The summed E-state index contributed by atoms with van der Waals surface area (Å²) >= 11 is 3.19. The van der Waals surface area contributed by atoms with Gasteiger partial charge in [-0.15, -0.1) is 0 Å². The van der Waals surface area contributed by atoms with Crippen molar-refractivity contribution in [3.63, 3.8) is 0 Å². The first-order chi connectivity index (χ1) is 11.6. The van der Waals surface area contributed by atoms with E-state index in [4.69, 9.17) is 9.47 Å². The van der Waals surface area contributed by atoms with E-state index in [9.17, 15) is 9.18 Å². The van der Waals surface area contributed by atoms with Crippen LogP contribution in [0.2, 0.25) is 0 Å². The van der Waals surface area contributed by atoms with Gasteiger partial charge in [0.1, 0.15) is 17.3 Å². The van der Waals surface area contributed by atoms with Crippen LogP contribution < -0.4 is 9.47 Å². The average Bonchev–Trinajstić information content (AvgIpc) is 2.59. The van der Waals surface area contributed by atoms with E-state index in [0.717, 1.165) is 0 Å². The molecule has 0 aliphatic carbocycles. The van der Waals surface area contributed by atoms with Gasteiger partial charge in [0.15, 0.2) is 0 Å². The molecule has 0 radical (unpaired) electrons. The largest absolute Gasteiger partial charge is 0.439 e. The first-order valence-corrected chi connectivity index (χ1v) is 7.77.